The highest BCUT2D eigenvalue weighted by molar-refractivity contribution is 7.89. The van der Waals surface area contributed by atoms with E-state index in [2.05, 4.69) is 19.9 Å². The van der Waals surface area contributed by atoms with Gasteiger partial charge in [-0.2, -0.15) is 5.10 Å². The molecule has 9 nitrogen and oxygen atoms in total. The molecule has 112 valence electrons. The van der Waals surface area contributed by atoms with Gasteiger partial charge in [0.1, 0.15) is 17.0 Å². The molecular weight excluding hydrogens is 322 g/mol. The van der Waals surface area contributed by atoms with Crippen molar-refractivity contribution in [3.63, 3.8) is 0 Å². The Morgan fingerprint density at radius 1 is 1.48 bits per heavy atom. The molecule has 0 aliphatic heterocycles. The molecule has 0 amide bonds. The predicted molar refractivity (Wildman–Crippen MR) is 73.2 cm³/mol. The van der Waals surface area contributed by atoms with Gasteiger partial charge < -0.3 is 0 Å². The van der Waals surface area contributed by atoms with E-state index in [4.69, 9.17) is 11.6 Å². The second-order valence-corrected chi connectivity index (χ2v) is 6.18. The van der Waals surface area contributed by atoms with Crippen LogP contribution in [0.25, 0.3) is 0 Å². The summed E-state index contributed by atoms with van der Waals surface area (Å²) in [6.07, 6.45) is 1.25. The number of nitrogens with zero attached hydrogens (tertiary/aromatic N) is 3. The minimum Gasteiger partial charge on any atom is -0.262 e. The van der Waals surface area contributed by atoms with Gasteiger partial charge >= 0.3 is 0 Å². The zero-order valence-corrected chi connectivity index (χ0v) is 12.2. The van der Waals surface area contributed by atoms with Crippen molar-refractivity contribution >= 4 is 27.3 Å². The molecule has 0 bridgehead atoms. The standard InChI is InChI=1S/C10H10ClN5O4S/c1-6(10-12-5-13-14-10)15-21(19,20)9-3-2-7(16(17)18)4-8(9)11/h2-6,15H,1H3,(H,12,13,14). The molecular formula is C10H10ClN5O4S. The topological polar surface area (TPSA) is 131 Å². The van der Waals surface area contributed by atoms with E-state index in [1.54, 1.807) is 6.92 Å². The van der Waals surface area contributed by atoms with E-state index in [0.29, 0.717) is 5.82 Å². The monoisotopic (exact) mass is 331 g/mol. The quantitative estimate of drug-likeness (QED) is 0.629. The fourth-order valence-electron chi connectivity index (χ4n) is 1.60. The number of nitro benzene ring substituents is 1. The van der Waals surface area contributed by atoms with Crippen LogP contribution in [0.4, 0.5) is 5.69 Å². The summed E-state index contributed by atoms with van der Waals surface area (Å²) < 4.78 is 26.8. The van der Waals surface area contributed by atoms with Crippen molar-refractivity contribution in [3.05, 3.63) is 45.5 Å². The summed E-state index contributed by atoms with van der Waals surface area (Å²) in [6, 6.07) is 2.47. The maximum atomic E-state index is 12.2. The van der Waals surface area contributed by atoms with Crippen molar-refractivity contribution < 1.29 is 13.3 Å². The van der Waals surface area contributed by atoms with Crippen LogP contribution in [-0.2, 0) is 10.0 Å². The van der Waals surface area contributed by atoms with Gasteiger partial charge in [-0.3, -0.25) is 15.2 Å². The third-order valence-electron chi connectivity index (χ3n) is 2.59. The predicted octanol–water partition coefficient (Wildman–Crippen LogP) is 1.41. The van der Waals surface area contributed by atoms with Gasteiger partial charge in [0, 0.05) is 12.1 Å². The van der Waals surface area contributed by atoms with Gasteiger partial charge in [-0.05, 0) is 13.0 Å². The van der Waals surface area contributed by atoms with Crippen LogP contribution in [0.1, 0.15) is 18.8 Å². The Morgan fingerprint density at radius 3 is 2.71 bits per heavy atom. The Bertz CT molecular complexity index is 762. The van der Waals surface area contributed by atoms with E-state index in [1.165, 1.54) is 6.33 Å². The largest absolute Gasteiger partial charge is 0.271 e. The molecule has 0 fully saturated rings. The summed E-state index contributed by atoms with van der Waals surface area (Å²) in [6.45, 7) is 1.57. The van der Waals surface area contributed by atoms with Gasteiger partial charge in [0.05, 0.1) is 16.0 Å². The number of aromatic nitrogens is 3. The van der Waals surface area contributed by atoms with Crippen LogP contribution in [-0.4, -0.2) is 28.5 Å². The number of non-ortho nitro benzene ring substituents is 1. The fourth-order valence-corrected chi connectivity index (χ4v) is 3.34. The highest BCUT2D eigenvalue weighted by Crippen LogP contribution is 2.26. The first-order valence-corrected chi connectivity index (χ1v) is 7.49. The van der Waals surface area contributed by atoms with Crippen LogP contribution in [0, 0.1) is 10.1 Å². The van der Waals surface area contributed by atoms with Crippen molar-refractivity contribution in [1.29, 1.82) is 0 Å². The number of H-pyrrole nitrogens is 1. The molecule has 1 atom stereocenters. The second kappa shape index (κ2) is 5.76. The van der Waals surface area contributed by atoms with Crippen molar-refractivity contribution in [2.75, 3.05) is 0 Å². The summed E-state index contributed by atoms with van der Waals surface area (Å²) in [5.74, 6) is 0.330. The van der Waals surface area contributed by atoms with Crippen LogP contribution in [0.15, 0.2) is 29.4 Å². The molecule has 1 heterocycles. The van der Waals surface area contributed by atoms with Crippen LogP contribution >= 0.6 is 11.6 Å². The first-order chi connectivity index (χ1) is 9.81. The Kier molecular flexibility index (Phi) is 4.21. The molecule has 1 aromatic carbocycles. The van der Waals surface area contributed by atoms with Gasteiger partial charge in [-0.15, -0.1) is 0 Å². The van der Waals surface area contributed by atoms with Crippen LogP contribution in [0.2, 0.25) is 5.02 Å². The highest BCUT2D eigenvalue weighted by Gasteiger charge is 2.23. The molecule has 1 aromatic heterocycles. The minimum absolute atomic E-state index is 0.235. The molecule has 0 spiro atoms. The lowest BCUT2D eigenvalue weighted by Crippen LogP contribution is -2.27. The molecule has 0 saturated carbocycles. The number of hydrogen-bond acceptors (Lipinski definition) is 6. The lowest BCUT2D eigenvalue weighted by atomic mass is 10.3. The first kappa shape index (κ1) is 15.4. The Morgan fingerprint density at radius 2 is 2.19 bits per heavy atom. The van der Waals surface area contributed by atoms with E-state index in [9.17, 15) is 18.5 Å². The average Bonchev–Trinajstić information content (AvgIpc) is 2.91. The van der Waals surface area contributed by atoms with E-state index in [-0.39, 0.29) is 15.6 Å². The third kappa shape index (κ3) is 3.35. The smallest absolute Gasteiger partial charge is 0.262 e. The van der Waals surface area contributed by atoms with Gasteiger partial charge in [-0.1, -0.05) is 11.6 Å². The van der Waals surface area contributed by atoms with Crippen molar-refractivity contribution in [2.45, 2.75) is 17.9 Å². The van der Waals surface area contributed by atoms with Crippen molar-refractivity contribution in [2.24, 2.45) is 0 Å². The lowest BCUT2D eigenvalue weighted by molar-refractivity contribution is -0.384. The number of hydrogen-bond donors (Lipinski definition) is 2. The van der Waals surface area contributed by atoms with Crippen molar-refractivity contribution in [3.8, 4) is 0 Å². The number of aromatic amines is 1. The Labute approximate surface area is 124 Å². The summed E-state index contributed by atoms with van der Waals surface area (Å²) in [5, 5.41) is 16.5. The van der Waals surface area contributed by atoms with E-state index < -0.39 is 21.0 Å². The average molecular weight is 332 g/mol. The normalized spacial score (nSPS) is 13.0. The number of benzene rings is 1. The Balaban J connectivity index is 2.29. The van der Waals surface area contributed by atoms with Gasteiger partial charge in [0.15, 0.2) is 0 Å². The molecule has 1 unspecified atom stereocenters. The molecule has 21 heavy (non-hydrogen) atoms. The van der Waals surface area contributed by atoms with E-state index in [1.807, 2.05) is 0 Å². The molecule has 2 rings (SSSR count). The number of rotatable bonds is 5. The third-order valence-corrected chi connectivity index (χ3v) is 4.62. The zero-order valence-electron chi connectivity index (χ0n) is 10.6. The fraction of sp³-hybridized carbons (Fsp3) is 0.200. The Hall–Kier alpha value is -2.04. The number of sulfonamides is 1. The maximum absolute atomic E-state index is 12.2. The van der Waals surface area contributed by atoms with Crippen molar-refractivity contribution in [1.82, 2.24) is 19.9 Å². The van der Waals surface area contributed by atoms with Crippen LogP contribution < -0.4 is 4.72 Å². The molecule has 0 aliphatic rings. The zero-order chi connectivity index (χ0) is 15.6. The number of nitrogens with one attached hydrogen (secondary N) is 2. The summed E-state index contributed by atoms with van der Waals surface area (Å²) in [4.78, 5) is 13.5. The van der Waals surface area contributed by atoms with Crippen LogP contribution in [0.5, 0.6) is 0 Å². The van der Waals surface area contributed by atoms with Crippen LogP contribution in [0.3, 0.4) is 0 Å². The van der Waals surface area contributed by atoms with E-state index >= 15 is 0 Å². The second-order valence-electron chi connectivity index (χ2n) is 4.09. The molecule has 0 radical (unpaired) electrons. The summed E-state index contributed by atoms with van der Waals surface area (Å²) in [7, 11) is -3.95. The molecule has 0 saturated heterocycles. The molecule has 0 aliphatic carbocycles. The minimum atomic E-state index is -3.95. The SMILES string of the molecule is CC(NS(=O)(=O)c1ccc([N+](=O)[O-])cc1Cl)c1ncn[nH]1. The number of halogens is 1. The van der Waals surface area contributed by atoms with Gasteiger partial charge in [0.25, 0.3) is 5.69 Å². The molecule has 2 N–H and O–H groups in total. The summed E-state index contributed by atoms with van der Waals surface area (Å²) >= 11 is 5.81. The number of nitro groups is 1. The molecule has 11 heteroatoms. The molecule has 2 aromatic rings. The highest BCUT2D eigenvalue weighted by atomic mass is 35.5. The van der Waals surface area contributed by atoms with E-state index in [0.717, 1.165) is 18.2 Å². The maximum Gasteiger partial charge on any atom is 0.271 e. The lowest BCUT2D eigenvalue weighted by Gasteiger charge is -2.12. The van der Waals surface area contributed by atoms with Gasteiger partial charge in [-0.25, -0.2) is 18.1 Å². The van der Waals surface area contributed by atoms with Gasteiger partial charge in [0.2, 0.25) is 10.0 Å². The summed E-state index contributed by atoms with van der Waals surface area (Å²) in [5.41, 5.74) is -0.290. The first-order valence-electron chi connectivity index (χ1n) is 5.63.